The lowest BCUT2D eigenvalue weighted by atomic mass is 10.3. The van der Waals surface area contributed by atoms with Gasteiger partial charge in [0.1, 0.15) is 11.6 Å². The minimum atomic E-state index is -1.00. The van der Waals surface area contributed by atoms with Crippen molar-refractivity contribution in [1.29, 1.82) is 0 Å². The van der Waals surface area contributed by atoms with Gasteiger partial charge in [-0.05, 0) is 54.4 Å². The zero-order chi connectivity index (χ0) is 27.9. The maximum absolute atomic E-state index is 12.5. The van der Waals surface area contributed by atoms with E-state index in [1.165, 1.54) is 17.0 Å². The molecule has 1 N–H and O–H groups in total. The van der Waals surface area contributed by atoms with Gasteiger partial charge in [-0.2, -0.15) is 9.97 Å². The van der Waals surface area contributed by atoms with Gasteiger partial charge >= 0.3 is 11.4 Å². The van der Waals surface area contributed by atoms with Gasteiger partial charge in [0.25, 0.3) is 0 Å². The van der Waals surface area contributed by atoms with Crippen LogP contribution < -0.4 is 11.4 Å². The van der Waals surface area contributed by atoms with Crippen molar-refractivity contribution in [2.24, 2.45) is 0 Å². The van der Waals surface area contributed by atoms with Crippen LogP contribution in [-0.4, -0.2) is 45.8 Å². The molecule has 6 rings (SSSR count). The average molecular weight is 556 g/mol. The number of alkyl halides is 1. The molecule has 0 saturated heterocycles. The zero-order valence-electron chi connectivity index (χ0n) is 20.9. The lowest BCUT2D eigenvalue weighted by Gasteiger charge is -2.01. The van der Waals surface area contributed by atoms with Crippen LogP contribution in [0.2, 0.25) is 10.6 Å². The SMILES string of the molecule is CCn1c(=O)n(-c2ccnc(Cl)n2)c2ccccc21.O=c1[nH]c2ccccc2n1-c1ccnc(Cl)n1.[2H]CF. The van der Waals surface area contributed by atoms with E-state index < -0.39 is 7.15 Å². The normalized spacial score (nSPS) is 10.9. The lowest BCUT2D eigenvalue weighted by Crippen LogP contribution is -2.23. The van der Waals surface area contributed by atoms with Gasteiger partial charge in [0.2, 0.25) is 10.6 Å². The second-order valence-electron chi connectivity index (χ2n) is 7.50. The number of imidazole rings is 2. The molecular weight excluding hydrogens is 534 g/mol. The number of aryl methyl sites for hydroxylation is 1. The first-order valence-electron chi connectivity index (χ1n) is 11.8. The van der Waals surface area contributed by atoms with Crippen molar-refractivity contribution in [2.45, 2.75) is 13.5 Å². The Morgan fingerprint density at radius 3 is 1.95 bits per heavy atom. The summed E-state index contributed by atoms with van der Waals surface area (Å²) in [5.41, 5.74) is 2.83. The molecule has 4 aromatic heterocycles. The molecule has 0 aliphatic heterocycles. The summed E-state index contributed by atoms with van der Waals surface area (Å²) in [4.78, 5) is 42.8. The quantitative estimate of drug-likeness (QED) is 0.319. The van der Waals surface area contributed by atoms with Crippen LogP contribution in [0.4, 0.5) is 4.39 Å². The number of hydrogen-bond donors (Lipinski definition) is 1. The summed E-state index contributed by atoms with van der Waals surface area (Å²) in [5.74, 6) is 0.931. The third-order valence-electron chi connectivity index (χ3n) is 5.42. The largest absolute Gasteiger partial charge is 0.334 e. The predicted molar refractivity (Wildman–Crippen MR) is 145 cm³/mol. The first-order chi connectivity index (χ1) is 18.9. The first kappa shape index (κ1) is 25.3. The van der Waals surface area contributed by atoms with Crippen LogP contribution in [0.3, 0.4) is 0 Å². The molecule has 0 atom stereocenters. The van der Waals surface area contributed by atoms with Crippen LogP contribution in [0.5, 0.6) is 0 Å². The maximum Gasteiger partial charge on any atom is 0.334 e. The molecule has 0 radical (unpaired) electrons. The fourth-order valence-electron chi connectivity index (χ4n) is 3.92. The van der Waals surface area contributed by atoms with Crippen molar-refractivity contribution >= 4 is 45.3 Å². The molecule has 0 aliphatic rings. The van der Waals surface area contributed by atoms with E-state index >= 15 is 0 Å². The van der Waals surface area contributed by atoms with Crippen molar-refractivity contribution in [3.05, 3.63) is 105 Å². The number of benzene rings is 2. The summed E-state index contributed by atoms with van der Waals surface area (Å²) in [6.45, 7) is 2.54. The monoisotopic (exact) mass is 555 g/mol. The topological polar surface area (TPSA) is 116 Å². The third-order valence-corrected chi connectivity index (χ3v) is 5.79. The average Bonchev–Trinajstić information content (AvgIpc) is 3.41. The predicted octanol–water partition coefficient (Wildman–Crippen LogP) is 4.60. The molecule has 10 nitrogen and oxygen atoms in total. The second kappa shape index (κ2) is 11.8. The Labute approximate surface area is 226 Å². The number of nitrogens with one attached hydrogen (secondary N) is 1. The van der Waals surface area contributed by atoms with Gasteiger partial charge in [0.15, 0.2) is 0 Å². The molecule has 13 heteroatoms. The number of hydrogen-bond acceptors (Lipinski definition) is 6. The highest BCUT2D eigenvalue weighted by atomic mass is 35.5. The lowest BCUT2D eigenvalue weighted by molar-refractivity contribution is 0.636. The zero-order valence-corrected chi connectivity index (χ0v) is 21.4. The minimum absolute atomic E-state index is 0.111. The Balaban J connectivity index is 0.000000165. The second-order valence-corrected chi connectivity index (χ2v) is 8.18. The van der Waals surface area contributed by atoms with Gasteiger partial charge in [0.05, 0.1) is 30.6 Å². The molecule has 0 bridgehead atoms. The highest BCUT2D eigenvalue weighted by Gasteiger charge is 2.14. The summed E-state index contributed by atoms with van der Waals surface area (Å²) >= 11 is 11.5. The van der Waals surface area contributed by atoms with E-state index in [0.29, 0.717) is 18.2 Å². The number of halogens is 3. The fraction of sp³-hybridized carbons (Fsp3) is 0.120. The van der Waals surface area contributed by atoms with Crippen LogP contribution in [-0.2, 0) is 6.54 Å². The van der Waals surface area contributed by atoms with E-state index in [1.807, 2.05) is 55.5 Å². The molecule has 0 saturated carbocycles. The Morgan fingerprint density at radius 1 is 0.842 bits per heavy atom. The molecule has 2 aromatic carbocycles. The highest BCUT2D eigenvalue weighted by Crippen LogP contribution is 2.17. The van der Waals surface area contributed by atoms with Crippen molar-refractivity contribution in [2.75, 3.05) is 7.15 Å². The molecule has 0 aliphatic carbocycles. The van der Waals surface area contributed by atoms with Gasteiger partial charge in [-0.15, -0.1) is 0 Å². The van der Waals surface area contributed by atoms with E-state index in [2.05, 4.69) is 24.9 Å². The summed E-state index contributed by atoms with van der Waals surface area (Å²) in [6.07, 6.45) is 3.05. The minimum Gasteiger partial charge on any atom is -0.305 e. The molecular formula is C25H21Cl2FN8O2. The Bertz CT molecular complexity index is 1850. The van der Waals surface area contributed by atoms with Crippen molar-refractivity contribution in [3.63, 3.8) is 0 Å². The van der Waals surface area contributed by atoms with Crippen molar-refractivity contribution in [3.8, 4) is 11.6 Å². The fourth-order valence-corrected chi connectivity index (χ4v) is 4.20. The van der Waals surface area contributed by atoms with Crippen LogP contribution in [0.1, 0.15) is 8.29 Å². The summed E-state index contributed by atoms with van der Waals surface area (Å²) < 4.78 is 20.2. The number of rotatable bonds is 3. The summed E-state index contributed by atoms with van der Waals surface area (Å²) in [6, 6.07) is 18.3. The van der Waals surface area contributed by atoms with Gasteiger partial charge in [-0.25, -0.2) is 28.7 Å². The van der Waals surface area contributed by atoms with Gasteiger partial charge in [-0.3, -0.25) is 8.96 Å². The van der Waals surface area contributed by atoms with Crippen molar-refractivity contribution < 1.29 is 5.76 Å². The first-order valence-corrected chi connectivity index (χ1v) is 11.9. The highest BCUT2D eigenvalue weighted by molar-refractivity contribution is 6.28. The molecule has 0 amide bonds. The summed E-state index contributed by atoms with van der Waals surface area (Å²) in [5, 5.41) is 0.234. The van der Waals surface area contributed by atoms with Crippen LogP contribution >= 0.6 is 23.2 Å². The number of H-pyrrole nitrogens is 1. The van der Waals surface area contributed by atoms with E-state index in [4.69, 9.17) is 24.6 Å². The van der Waals surface area contributed by atoms with E-state index in [1.54, 1.807) is 21.3 Å². The Kier molecular flexibility index (Phi) is 7.86. The van der Waals surface area contributed by atoms with E-state index in [0.717, 1.165) is 22.1 Å². The number of nitrogens with zero attached hydrogens (tertiary/aromatic N) is 7. The molecule has 38 heavy (non-hydrogen) atoms. The smallest absolute Gasteiger partial charge is 0.305 e. The van der Waals surface area contributed by atoms with Gasteiger partial charge in [0, 0.05) is 31.1 Å². The number of aromatic amines is 1. The Morgan fingerprint density at radius 2 is 1.37 bits per heavy atom. The molecule has 0 unspecified atom stereocenters. The number of aromatic nitrogens is 8. The van der Waals surface area contributed by atoms with E-state index in [9.17, 15) is 14.0 Å². The summed E-state index contributed by atoms with van der Waals surface area (Å²) in [7, 11) is -1.00. The van der Waals surface area contributed by atoms with Crippen LogP contribution in [0, 0.1) is 0 Å². The van der Waals surface area contributed by atoms with Gasteiger partial charge < -0.3 is 4.98 Å². The Hall–Kier alpha value is -4.35. The molecule has 4 heterocycles. The van der Waals surface area contributed by atoms with E-state index in [-0.39, 0.29) is 21.9 Å². The molecule has 6 aromatic rings. The maximum atomic E-state index is 12.5. The molecule has 0 spiro atoms. The van der Waals surface area contributed by atoms with Crippen LogP contribution in [0.25, 0.3) is 33.7 Å². The number of fused-ring (bicyclic) bond motifs is 2. The number of para-hydroxylation sites is 4. The van der Waals surface area contributed by atoms with Crippen molar-refractivity contribution in [1.82, 2.24) is 38.6 Å². The molecule has 194 valence electrons. The standard InChI is InChI=1S/C13H11ClN4O.C11H7ClN4O.CH3F/c1-2-17-9-5-3-4-6-10(9)18(13(17)19)11-7-8-15-12(14)16-11;12-10-13-6-5-9(15-10)16-8-4-2-1-3-7(8)14-11(16)17;1-2/h3-8H,2H2,1H3;1-6H,(H,14,17);1H3/i;;1D. The third kappa shape index (κ3) is 5.20. The van der Waals surface area contributed by atoms with Crippen LogP contribution in [0.15, 0.2) is 82.6 Å². The van der Waals surface area contributed by atoms with Gasteiger partial charge in [-0.1, -0.05) is 24.3 Å². The molecule has 0 fully saturated rings.